The number of urea groups is 1. The van der Waals surface area contributed by atoms with Crippen molar-refractivity contribution in [2.24, 2.45) is 0 Å². The van der Waals surface area contributed by atoms with E-state index < -0.39 is 6.10 Å². The highest BCUT2D eigenvalue weighted by Crippen LogP contribution is 2.26. The van der Waals surface area contributed by atoms with Crippen LogP contribution in [-0.2, 0) is 16.0 Å². The van der Waals surface area contributed by atoms with Crippen molar-refractivity contribution < 1.29 is 19.4 Å². The van der Waals surface area contributed by atoms with E-state index in [9.17, 15) is 9.90 Å². The van der Waals surface area contributed by atoms with E-state index in [-0.39, 0.29) is 30.9 Å². The number of amides is 2. The van der Waals surface area contributed by atoms with Gasteiger partial charge < -0.3 is 25.2 Å². The van der Waals surface area contributed by atoms with Crippen LogP contribution in [0.1, 0.15) is 5.56 Å². The molecule has 4 atom stereocenters. The number of hydrogen-bond donors (Lipinski definition) is 3. The van der Waals surface area contributed by atoms with E-state index in [1.807, 2.05) is 30.3 Å². The Hall–Kier alpha value is -1.63. The Morgan fingerprint density at radius 1 is 1.20 bits per heavy atom. The molecule has 0 bridgehead atoms. The summed E-state index contributed by atoms with van der Waals surface area (Å²) in [6.45, 7) is 1.10. The van der Waals surface area contributed by atoms with Crippen LogP contribution in [0.4, 0.5) is 4.79 Å². The van der Waals surface area contributed by atoms with Gasteiger partial charge in [-0.1, -0.05) is 30.3 Å². The monoisotopic (exact) mass is 278 g/mol. The first kappa shape index (κ1) is 13.4. The van der Waals surface area contributed by atoms with Gasteiger partial charge in [0, 0.05) is 6.54 Å². The first-order chi connectivity index (χ1) is 9.74. The lowest BCUT2D eigenvalue weighted by atomic mass is 10.1. The molecule has 3 N–H and O–H groups in total. The molecule has 0 unspecified atom stereocenters. The molecule has 2 aliphatic rings. The number of benzene rings is 1. The molecule has 2 fully saturated rings. The Morgan fingerprint density at radius 3 is 2.75 bits per heavy atom. The molecule has 1 aromatic carbocycles. The Labute approximate surface area is 117 Å². The van der Waals surface area contributed by atoms with Crippen LogP contribution in [0.25, 0.3) is 0 Å². The largest absolute Gasteiger partial charge is 0.388 e. The van der Waals surface area contributed by atoms with Gasteiger partial charge >= 0.3 is 6.03 Å². The Balaban J connectivity index is 1.48. The molecule has 20 heavy (non-hydrogen) atoms. The highest BCUT2D eigenvalue weighted by atomic mass is 16.6. The minimum atomic E-state index is -0.598. The molecule has 2 heterocycles. The summed E-state index contributed by atoms with van der Waals surface area (Å²) in [6.07, 6.45) is -1.18. The van der Waals surface area contributed by atoms with Gasteiger partial charge in [-0.3, -0.25) is 0 Å². The maximum absolute atomic E-state index is 11.8. The van der Waals surface area contributed by atoms with Crippen molar-refractivity contribution in [3.8, 4) is 0 Å². The number of rotatable bonds is 3. The van der Waals surface area contributed by atoms with Crippen LogP contribution < -0.4 is 10.6 Å². The van der Waals surface area contributed by atoms with Gasteiger partial charge in [-0.2, -0.15) is 0 Å². The van der Waals surface area contributed by atoms with Crippen molar-refractivity contribution in [1.29, 1.82) is 0 Å². The van der Waals surface area contributed by atoms with E-state index >= 15 is 0 Å². The Kier molecular flexibility index (Phi) is 3.86. The SMILES string of the molecule is O=C(NCc1ccccc1)N[C@@H]1CO[C@@H]2[C@@H]1OC[C@H]2O. The lowest BCUT2D eigenvalue weighted by molar-refractivity contribution is 0.0179. The first-order valence-corrected chi connectivity index (χ1v) is 6.73. The number of fused-ring (bicyclic) bond motifs is 1. The Bertz CT molecular complexity index is 468. The number of nitrogens with one attached hydrogen (secondary N) is 2. The smallest absolute Gasteiger partial charge is 0.315 e. The molecule has 108 valence electrons. The van der Waals surface area contributed by atoms with Crippen molar-refractivity contribution in [2.45, 2.75) is 30.9 Å². The van der Waals surface area contributed by atoms with Crippen molar-refractivity contribution in [3.63, 3.8) is 0 Å². The highest BCUT2D eigenvalue weighted by molar-refractivity contribution is 5.74. The summed E-state index contributed by atoms with van der Waals surface area (Å²) in [5, 5.41) is 15.2. The van der Waals surface area contributed by atoms with Crippen LogP contribution in [0.15, 0.2) is 30.3 Å². The quantitative estimate of drug-likeness (QED) is 0.728. The lowest BCUT2D eigenvalue weighted by Crippen LogP contribution is -2.48. The molecular weight excluding hydrogens is 260 g/mol. The predicted molar refractivity (Wildman–Crippen MR) is 71.1 cm³/mol. The van der Waals surface area contributed by atoms with Gasteiger partial charge in [0.05, 0.1) is 19.3 Å². The van der Waals surface area contributed by atoms with E-state index in [2.05, 4.69) is 10.6 Å². The summed E-state index contributed by atoms with van der Waals surface area (Å²) < 4.78 is 10.9. The maximum Gasteiger partial charge on any atom is 0.315 e. The molecule has 6 nitrogen and oxygen atoms in total. The van der Waals surface area contributed by atoms with Crippen molar-refractivity contribution >= 4 is 6.03 Å². The van der Waals surface area contributed by atoms with Gasteiger partial charge in [0.25, 0.3) is 0 Å². The molecule has 2 saturated heterocycles. The van der Waals surface area contributed by atoms with Gasteiger partial charge in [0.15, 0.2) is 0 Å². The van der Waals surface area contributed by atoms with Gasteiger partial charge in [-0.25, -0.2) is 4.79 Å². The second-order valence-electron chi connectivity index (χ2n) is 5.08. The summed E-state index contributed by atoms with van der Waals surface area (Å²) in [7, 11) is 0. The molecule has 0 aromatic heterocycles. The number of hydrogen-bond acceptors (Lipinski definition) is 4. The molecule has 1 aromatic rings. The van der Waals surface area contributed by atoms with Gasteiger partial charge in [0.2, 0.25) is 0 Å². The third-order valence-corrected chi connectivity index (χ3v) is 3.64. The molecule has 0 spiro atoms. The van der Waals surface area contributed by atoms with E-state index in [0.717, 1.165) is 5.56 Å². The third kappa shape index (κ3) is 2.77. The van der Waals surface area contributed by atoms with Crippen molar-refractivity contribution in [2.75, 3.05) is 13.2 Å². The second-order valence-corrected chi connectivity index (χ2v) is 5.08. The fourth-order valence-electron chi connectivity index (χ4n) is 2.60. The van der Waals surface area contributed by atoms with Crippen LogP contribution in [0, 0.1) is 0 Å². The minimum Gasteiger partial charge on any atom is -0.388 e. The molecule has 0 radical (unpaired) electrons. The van der Waals surface area contributed by atoms with Crippen LogP contribution in [0.2, 0.25) is 0 Å². The third-order valence-electron chi connectivity index (χ3n) is 3.64. The molecule has 3 rings (SSSR count). The normalized spacial score (nSPS) is 31.9. The van der Waals surface area contributed by atoms with Crippen LogP contribution >= 0.6 is 0 Å². The van der Waals surface area contributed by atoms with Gasteiger partial charge in [-0.15, -0.1) is 0 Å². The zero-order valence-corrected chi connectivity index (χ0v) is 11.0. The average Bonchev–Trinajstić information content (AvgIpc) is 3.02. The zero-order chi connectivity index (χ0) is 13.9. The number of carbonyl (C=O) groups excluding carboxylic acids is 1. The molecule has 2 amide bonds. The van der Waals surface area contributed by atoms with Crippen LogP contribution in [-0.4, -0.2) is 48.7 Å². The molecule has 0 saturated carbocycles. The predicted octanol–water partition coefficient (Wildman–Crippen LogP) is 0.0129. The minimum absolute atomic E-state index is 0.215. The summed E-state index contributed by atoms with van der Waals surface area (Å²) in [6, 6.07) is 9.22. The lowest BCUT2D eigenvalue weighted by Gasteiger charge is -2.17. The van der Waals surface area contributed by atoms with Gasteiger partial charge in [-0.05, 0) is 5.56 Å². The van der Waals surface area contributed by atoms with Crippen molar-refractivity contribution in [3.05, 3.63) is 35.9 Å². The fraction of sp³-hybridized carbons (Fsp3) is 0.500. The van der Waals surface area contributed by atoms with Crippen molar-refractivity contribution in [1.82, 2.24) is 10.6 Å². The maximum atomic E-state index is 11.8. The topological polar surface area (TPSA) is 79.8 Å². The Morgan fingerprint density at radius 2 is 1.95 bits per heavy atom. The second kappa shape index (κ2) is 5.78. The van der Waals surface area contributed by atoms with Gasteiger partial charge in [0.1, 0.15) is 18.3 Å². The van der Waals surface area contributed by atoms with E-state index in [1.165, 1.54) is 0 Å². The van der Waals surface area contributed by atoms with Crippen LogP contribution in [0.3, 0.4) is 0 Å². The number of aliphatic hydroxyl groups excluding tert-OH is 1. The summed E-state index contributed by atoms with van der Waals surface area (Å²) >= 11 is 0. The number of carbonyl (C=O) groups is 1. The first-order valence-electron chi connectivity index (χ1n) is 6.73. The number of ether oxygens (including phenoxy) is 2. The zero-order valence-electron chi connectivity index (χ0n) is 11.0. The molecular formula is C14H18N2O4. The molecule has 6 heteroatoms. The van der Waals surface area contributed by atoms with E-state index in [1.54, 1.807) is 0 Å². The summed E-state index contributed by atoms with van der Waals surface area (Å²) in [4.78, 5) is 11.8. The number of aliphatic hydroxyl groups is 1. The highest BCUT2D eigenvalue weighted by Gasteiger charge is 2.47. The summed E-state index contributed by atoms with van der Waals surface area (Å²) in [5.74, 6) is 0. The standard InChI is InChI=1S/C14H18N2O4/c17-11-8-20-12-10(7-19-13(11)12)16-14(18)15-6-9-4-2-1-3-5-9/h1-5,10-13,17H,6-8H2,(H2,15,16,18)/t10-,11-,12-,13+/m1/s1. The molecule has 2 aliphatic heterocycles. The molecule has 0 aliphatic carbocycles. The fourth-order valence-corrected chi connectivity index (χ4v) is 2.60. The van der Waals surface area contributed by atoms with Crippen LogP contribution in [0.5, 0.6) is 0 Å². The van der Waals surface area contributed by atoms with E-state index in [0.29, 0.717) is 13.2 Å². The average molecular weight is 278 g/mol. The van der Waals surface area contributed by atoms with E-state index in [4.69, 9.17) is 9.47 Å². The summed E-state index contributed by atoms with van der Waals surface area (Å²) in [5.41, 5.74) is 1.04.